The summed E-state index contributed by atoms with van der Waals surface area (Å²) >= 11 is 0. The van der Waals surface area contributed by atoms with Gasteiger partial charge in [-0.1, -0.05) is 0 Å². The number of carbonyl (C=O) groups excluding carboxylic acids is 1. The third-order valence-corrected chi connectivity index (χ3v) is 5.01. The monoisotopic (exact) mass is 355 g/mol. The molecule has 2 aliphatic rings. The third kappa shape index (κ3) is 2.99. The van der Waals surface area contributed by atoms with Crippen molar-refractivity contribution in [1.29, 1.82) is 0 Å². The third-order valence-electron chi connectivity index (χ3n) is 5.01. The Labute approximate surface area is 151 Å². The van der Waals surface area contributed by atoms with Crippen LogP contribution in [0.15, 0.2) is 47.7 Å². The first-order valence-electron chi connectivity index (χ1n) is 8.80. The van der Waals surface area contributed by atoms with E-state index in [0.717, 1.165) is 12.8 Å². The number of pyridine rings is 2. The standard InChI is InChI=1S/C19H21N3O4/c1-21-9-3-6-14(18(21)23)19(24)22-12-16(17-15(22)7-4-10-25-17)26-13-5-2-8-20-11-13/h2-3,5-6,8-9,11,15-17H,4,7,10,12H2,1H3/t15-,16+,17+/m1/s1. The summed E-state index contributed by atoms with van der Waals surface area (Å²) in [5.41, 5.74) is -0.108. The van der Waals surface area contributed by atoms with Gasteiger partial charge in [-0.05, 0) is 37.1 Å². The molecule has 0 bridgehead atoms. The Kier molecular flexibility index (Phi) is 4.46. The van der Waals surface area contributed by atoms with E-state index in [9.17, 15) is 9.59 Å². The summed E-state index contributed by atoms with van der Waals surface area (Å²) in [6.45, 7) is 1.05. The van der Waals surface area contributed by atoms with Crippen LogP contribution in [0.25, 0.3) is 0 Å². The predicted octanol–water partition coefficient (Wildman–Crippen LogP) is 1.23. The lowest BCUT2D eigenvalue weighted by atomic mass is 10.0. The molecular formula is C19H21N3O4. The van der Waals surface area contributed by atoms with Crippen molar-refractivity contribution >= 4 is 5.91 Å². The minimum absolute atomic E-state index is 0.0807. The molecular weight excluding hydrogens is 334 g/mol. The van der Waals surface area contributed by atoms with Crippen molar-refractivity contribution in [1.82, 2.24) is 14.5 Å². The topological polar surface area (TPSA) is 73.7 Å². The predicted molar refractivity (Wildman–Crippen MR) is 94.1 cm³/mol. The smallest absolute Gasteiger partial charge is 0.263 e. The zero-order chi connectivity index (χ0) is 18.1. The minimum Gasteiger partial charge on any atom is -0.484 e. The Hall–Kier alpha value is -2.67. The van der Waals surface area contributed by atoms with Gasteiger partial charge in [-0.2, -0.15) is 0 Å². The fourth-order valence-electron chi connectivity index (χ4n) is 3.75. The van der Waals surface area contributed by atoms with Crippen LogP contribution in [0, 0.1) is 0 Å². The molecule has 2 saturated heterocycles. The highest BCUT2D eigenvalue weighted by atomic mass is 16.5. The van der Waals surface area contributed by atoms with E-state index in [2.05, 4.69) is 4.98 Å². The summed E-state index contributed by atoms with van der Waals surface area (Å²) in [7, 11) is 1.64. The van der Waals surface area contributed by atoms with E-state index in [1.165, 1.54) is 4.57 Å². The SMILES string of the molecule is Cn1cccc(C(=O)N2C[C@H](Oc3cccnc3)[C@H]3OCCC[C@H]32)c1=O. The quantitative estimate of drug-likeness (QED) is 0.828. The number of ether oxygens (including phenoxy) is 2. The Balaban J connectivity index is 1.61. The van der Waals surface area contributed by atoms with Crippen molar-refractivity contribution in [3.63, 3.8) is 0 Å². The Morgan fingerprint density at radius 2 is 2.23 bits per heavy atom. The number of nitrogens with zero attached hydrogens (tertiary/aromatic N) is 3. The van der Waals surface area contributed by atoms with Gasteiger partial charge in [0.1, 0.15) is 23.5 Å². The zero-order valence-corrected chi connectivity index (χ0v) is 14.6. The van der Waals surface area contributed by atoms with Crippen LogP contribution in [0.4, 0.5) is 0 Å². The first-order valence-corrected chi connectivity index (χ1v) is 8.80. The van der Waals surface area contributed by atoms with E-state index in [1.54, 1.807) is 48.7 Å². The molecule has 7 heteroatoms. The van der Waals surface area contributed by atoms with Gasteiger partial charge in [0, 0.05) is 26.0 Å². The molecule has 136 valence electrons. The maximum absolute atomic E-state index is 13.1. The van der Waals surface area contributed by atoms with Crippen molar-refractivity contribution in [2.45, 2.75) is 31.1 Å². The molecule has 2 aromatic rings. The maximum Gasteiger partial charge on any atom is 0.263 e. The zero-order valence-electron chi connectivity index (χ0n) is 14.6. The van der Waals surface area contributed by atoms with Gasteiger partial charge >= 0.3 is 0 Å². The summed E-state index contributed by atoms with van der Waals surface area (Å²) in [4.78, 5) is 31.2. The molecule has 0 unspecified atom stereocenters. The van der Waals surface area contributed by atoms with Gasteiger partial charge in [0.05, 0.1) is 18.8 Å². The molecule has 0 aliphatic carbocycles. The van der Waals surface area contributed by atoms with E-state index in [1.807, 2.05) is 6.07 Å². The molecule has 0 N–H and O–H groups in total. The van der Waals surface area contributed by atoms with Crippen LogP contribution < -0.4 is 10.3 Å². The highest BCUT2D eigenvalue weighted by Crippen LogP contribution is 2.32. The minimum atomic E-state index is -0.289. The molecule has 4 rings (SSSR count). The fourth-order valence-corrected chi connectivity index (χ4v) is 3.75. The molecule has 2 aliphatic heterocycles. The molecule has 26 heavy (non-hydrogen) atoms. The number of aryl methyl sites for hydroxylation is 1. The Morgan fingerprint density at radius 3 is 3.04 bits per heavy atom. The van der Waals surface area contributed by atoms with Gasteiger partial charge in [0.2, 0.25) is 0 Å². The number of carbonyl (C=O) groups is 1. The molecule has 0 aromatic carbocycles. The van der Waals surface area contributed by atoms with Gasteiger partial charge in [0.15, 0.2) is 0 Å². The van der Waals surface area contributed by atoms with Gasteiger partial charge in [-0.25, -0.2) is 0 Å². The lowest BCUT2D eigenvalue weighted by molar-refractivity contribution is -0.0447. The molecule has 7 nitrogen and oxygen atoms in total. The average Bonchev–Trinajstić information content (AvgIpc) is 3.03. The first kappa shape index (κ1) is 16.8. The average molecular weight is 355 g/mol. The van der Waals surface area contributed by atoms with Crippen LogP contribution >= 0.6 is 0 Å². The van der Waals surface area contributed by atoms with E-state index < -0.39 is 0 Å². The van der Waals surface area contributed by atoms with Crippen LogP contribution in [0.1, 0.15) is 23.2 Å². The Morgan fingerprint density at radius 1 is 1.35 bits per heavy atom. The molecule has 1 amide bonds. The van der Waals surface area contributed by atoms with Crippen molar-refractivity contribution in [2.75, 3.05) is 13.2 Å². The number of amides is 1. The summed E-state index contributed by atoms with van der Waals surface area (Å²) in [5.74, 6) is 0.388. The molecule has 0 saturated carbocycles. The molecule has 0 spiro atoms. The van der Waals surface area contributed by atoms with Gasteiger partial charge in [-0.3, -0.25) is 14.6 Å². The van der Waals surface area contributed by atoms with Crippen LogP contribution in [0.2, 0.25) is 0 Å². The van der Waals surface area contributed by atoms with E-state index in [4.69, 9.17) is 9.47 Å². The van der Waals surface area contributed by atoms with Gasteiger partial charge in [0.25, 0.3) is 11.5 Å². The molecule has 0 radical (unpaired) electrons. The lowest BCUT2D eigenvalue weighted by Gasteiger charge is -2.32. The first-order chi connectivity index (χ1) is 12.6. The van der Waals surface area contributed by atoms with Crippen LogP contribution in [0.5, 0.6) is 5.75 Å². The number of rotatable bonds is 3. The summed E-state index contributed by atoms with van der Waals surface area (Å²) < 4.78 is 13.4. The largest absolute Gasteiger partial charge is 0.484 e. The molecule has 2 fully saturated rings. The fraction of sp³-hybridized carbons (Fsp3) is 0.421. The van der Waals surface area contributed by atoms with Crippen LogP contribution in [0.3, 0.4) is 0 Å². The number of hydrogen-bond donors (Lipinski definition) is 0. The maximum atomic E-state index is 13.1. The van der Waals surface area contributed by atoms with E-state index in [0.29, 0.717) is 18.9 Å². The number of hydrogen-bond acceptors (Lipinski definition) is 5. The second-order valence-electron chi connectivity index (χ2n) is 6.69. The lowest BCUT2D eigenvalue weighted by Crippen LogP contribution is -2.45. The molecule has 4 heterocycles. The highest BCUT2D eigenvalue weighted by Gasteiger charge is 2.47. The number of aromatic nitrogens is 2. The van der Waals surface area contributed by atoms with Crippen molar-refractivity contribution in [3.8, 4) is 5.75 Å². The van der Waals surface area contributed by atoms with Crippen molar-refractivity contribution in [2.24, 2.45) is 7.05 Å². The second-order valence-corrected chi connectivity index (χ2v) is 6.69. The van der Waals surface area contributed by atoms with Crippen molar-refractivity contribution in [3.05, 3.63) is 58.8 Å². The van der Waals surface area contributed by atoms with Crippen LogP contribution in [-0.2, 0) is 11.8 Å². The van der Waals surface area contributed by atoms with E-state index >= 15 is 0 Å². The summed E-state index contributed by atoms with van der Waals surface area (Å²) in [5, 5.41) is 0. The highest BCUT2D eigenvalue weighted by molar-refractivity contribution is 5.94. The molecule has 3 atom stereocenters. The van der Waals surface area contributed by atoms with Crippen LogP contribution in [-0.4, -0.2) is 51.8 Å². The number of likely N-dealkylation sites (tertiary alicyclic amines) is 1. The molecule has 2 aromatic heterocycles. The number of fused-ring (bicyclic) bond motifs is 1. The summed E-state index contributed by atoms with van der Waals surface area (Å²) in [6, 6.07) is 6.85. The summed E-state index contributed by atoms with van der Waals surface area (Å²) in [6.07, 6.45) is 6.23. The Bertz CT molecular complexity index is 851. The van der Waals surface area contributed by atoms with Gasteiger partial charge in [-0.15, -0.1) is 0 Å². The normalized spacial score (nSPS) is 25.0. The van der Waals surface area contributed by atoms with Crippen molar-refractivity contribution < 1.29 is 14.3 Å². The van der Waals surface area contributed by atoms with Gasteiger partial charge < -0.3 is 18.9 Å². The second kappa shape index (κ2) is 6.92. The van der Waals surface area contributed by atoms with E-state index in [-0.39, 0.29) is 35.3 Å².